The number of aromatic nitrogens is 4. The topological polar surface area (TPSA) is 63.9 Å². The summed E-state index contributed by atoms with van der Waals surface area (Å²) >= 11 is 0. The van der Waals surface area contributed by atoms with Crippen LogP contribution >= 0.6 is 0 Å². The van der Waals surface area contributed by atoms with Crippen LogP contribution in [0.3, 0.4) is 0 Å². The molecule has 2 aromatic rings. The molecule has 0 radical (unpaired) electrons. The number of pyridine rings is 1. The minimum Gasteiger partial charge on any atom is -0.342 e. The van der Waals surface area contributed by atoms with Crippen LogP contribution in [0, 0.1) is 0 Å². The van der Waals surface area contributed by atoms with Crippen LogP contribution in [-0.2, 0) is 16.6 Å². The van der Waals surface area contributed by atoms with Crippen molar-refractivity contribution in [2.45, 2.75) is 51.5 Å². The fourth-order valence-corrected chi connectivity index (χ4v) is 2.95. The molecule has 24 heavy (non-hydrogen) atoms. The van der Waals surface area contributed by atoms with E-state index >= 15 is 0 Å². The average molecular weight is 327 g/mol. The summed E-state index contributed by atoms with van der Waals surface area (Å²) in [6, 6.07) is 6.00. The van der Waals surface area contributed by atoms with Crippen LogP contribution in [0.2, 0.25) is 0 Å². The van der Waals surface area contributed by atoms with E-state index in [9.17, 15) is 4.79 Å². The Labute approximate surface area is 142 Å². The number of carbonyl (C=O) groups excluding carboxylic acids is 1. The van der Waals surface area contributed by atoms with Crippen molar-refractivity contribution in [3.05, 3.63) is 42.0 Å². The van der Waals surface area contributed by atoms with Gasteiger partial charge in [0, 0.05) is 36.6 Å². The quantitative estimate of drug-likeness (QED) is 0.868. The molecule has 0 saturated carbocycles. The Morgan fingerprint density at radius 2 is 2.00 bits per heavy atom. The summed E-state index contributed by atoms with van der Waals surface area (Å²) in [6.07, 6.45) is 5.99. The Kier molecular flexibility index (Phi) is 4.64. The average Bonchev–Trinajstić information content (AvgIpc) is 3.06. The summed E-state index contributed by atoms with van der Waals surface area (Å²) in [5.41, 5.74) is 1.85. The molecule has 0 aromatic carbocycles. The molecule has 0 N–H and O–H groups in total. The van der Waals surface area contributed by atoms with Gasteiger partial charge in [-0.05, 0) is 25.0 Å². The fourth-order valence-electron chi connectivity index (χ4n) is 2.95. The van der Waals surface area contributed by atoms with E-state index in [2.05, 4.69) is 42.3 Å². The lowest BCUT2D eigenvalue weighted by molar-refractivity contribution is -0.131. The minimum atomic E-state index is 0.0115. The maximum Gasteiger partial charge on any atom is 0.228 e. The summed E-state index contributed by atoms with van der Waals surface area (Å²) in [5, 5.41) is 8.59. The predicted molar refractivity (Wildman–Crippen MR) is 91.5 cm³/mol. The lowest BCUT2D eigenvalue weighted by Crippen LogP contribution is -2.40. The number of rotatable bonds is 3. The van der Waals surface area contributed by atoms with Crippen LogP contribution in [-0.4, -0.2) is 43.9 Å². The first-order valence-electron chi connectivity index (χ1n) is 8.53. The standard InChI is InChI=1S/C18H25N5O/c1-18(2,3)16-13-23(21-20-16)15-7-10-22(11-8-15)17(24)12-14-6-4-5-9-19-14/h4-6,9,13,15H,7-8,10-12H2,1-3H3. The lowest BCUT2D eigenvalue weighted by Gasteiger charge is -2.31. The normalized spacial score (nSPS) is 16.4. The Morgan fingerprint density at radius 3 is 2.58 bits per heavy atom. The third-order valence-electron chi connectivity index (χ3n) is 4.53. The van der Waals surface area contributed by atoms with Gasteiger partial charge in [0.15, 0.2) is 0 Å². The highest BCUT2D eigenvalue weighted by Gasteiger charge is 2.26. The number of nitrogens with zero attached hydrogens (tertiary/aromatic N) is 5. The molecule has 3 rings (SSSR count). The van der Waals surface area contributed by atoms with Crippen molar-refractivity contribution in [3.63, 3.8) is 0 Å². The Hall–Kier alpha value is -2.24. The van der Waals surface area contributed by atoms with Crippen LogP contribution < -0.4 is 0 Å². The molecular weight excluding hydrogens is 302 g/mol. The van der Waals surface area contributed by atoms with Crippen molar-refractivity contribution in [1.82, 2.24) is 24.9 Å². The molecule has 0 bridgehead atoms. The van der Waals surface area contributed by atoms with E-state index in [1.807, 2.05) is 27.8 Å². The number of amides is 1. The van der Waals surface area contributed by atoms with E-state index in [0.717, 1.165) is 37.3 Å². The highest BCUT2D eigenvalue weighted by Crippen LogP contribution is 2.25. The molecule has 1 fully saturated rings. The maximum atomic E-state index is 12.4. The molecule has 3 heterocycles. The maximum absolute atomic E-state index is 12.4. The van der Waals surface area contributed by atoms with Crippen molar-refractivity contribution in [1.29, 1.82) is 0 Å². The van der Waals surface area contributed by atoms with Crippen molar-refractivity contribution >= 4 is 5.91 Å². The molecule has 128 valence electrons. The lowest BCUT2D eigenvalue weighted by atomic mass is 9.93. The number of hydrogen-bond donors (Lipinski definition) is 0. The van der Waals surface area contributed by atoms with Crippen LogP contribution in [0.25, 0.3) is 0 Å². The monoisotopic (exact) mass is 327 g/mol. The van der Waals surface area contributed by atoms with Gasteiger partial charge in [0.05, 0.1) is 18.2 Å². The zero-order chi connectivity index (χ0) is 17.2. The second kappa shape index (κ2) is 6.71. The Bertz CT molecular complexity index is 681. The molecule has 0 aliphatic carbocycles. The highest BCUT2D eigenvalue weighted by atomic mass is 16.2. The third kappa shape index (κ3) is 3.80. The fraction of sp³-hybridized carbons (Fsp3) is 0.556. The van der Waals surface area contributed by atoms with Crippen LogP contribution in [0.4, 0.5) is 0 Å². The second-order valence-electron chi connectivity index (χ2n) is 7.44. The van der Waals surface area contributed by atoms with E-state index < -0.39 is 0 Å². The van der Waals surface area contributed by atoms with Crippen molar-refractivity contribution in [2.75, 3.05) is 13.1 Å². The summed E-state index contributed by atoms with van der Waals surface area (Å²) in [5.74, 6) is 0.154. The van der Waals surface area contributed by atoms with Gasteiger partial charge in [-0.3, -0.25) is 9.78 Å². The van der Waals surface area contributed by atoms with Crippen molar-refractivity contribution < 1.29 is 4.79 Å². The predicted octanol–water partition coefficient (Wildman–Crippen LogP) is 2.38. The first kappa shape index (κ1) is 16.6. The van der Waals surface area contributed by atoms with Gasteiger partial charge in [-0.25, -0.2) is 4.68 Å². The van der Waals surface area contributed by atoms with E-state index in [1.54, 1.807) is 6.20 Å². The molecule has 6 nitrogen and oxygen atoms in total. The van der Waals surface area contributed by atoms with Gasteiger partial charge in [0.2, 0.25) is 5.91 Å². The zero-order valence-electron chi connectivity index (χ0n) is 14.6. The zero-order valence-corrected chi connectivity index (χ0v) is 14.6. The molecule has 2 aromatic heterocycles. The highest BCUT2D eigenvalue weighted by molar-refractivity contribution is 5.78. The van der Waals surface area contributed by atoms with Crippen LogP contribution in [0.1, 0.15) is 51.0 Å². The second-order valence-corrected chi connectivity index (χ2v) is 7.44. The largest absolute Gasteiger partial charge is 0.342 e. The first-order valence-corrected chi connectivity index (χ1v) is 8.53. The van der Waals surface area contributed by atoms with Gasteiger partial charge in [0.25, 0.3) is 0 Å². The van der Waals surface area contributed by atoms with Crippen LogP contribution in [0.5, 0.6) is 0 Å². The van der Waals surface area contributed by atoms with E-state index in [0.29, 0.717) is 12.5 Å². The van der Waals surface area contributed by atoms with E-state index in [4.69, 9.17) is 0 Å². The van der Waals surface area contributed by atoms with Gasteiger partial charge >= 0.3 is 0 Å². The van der Waals surface area contributed by atoms with E-state index in [1.165, 1.54) is 0 Å². The van der Waals surface area contributed by atoms with Gasteiger partial charge in [0.1, 0.15) is 0 Å². The molecule has 1 amide bonds. The van der Waals surface area contributed by atoms with Gasteiger partial charge in [-0.1, -0.05) is 32.1 Å². The van der Waals surface area contributed by atoms with Crippen LogP contribution in [0.15, 0.2) is 30.6 Å². The summed E-state index contributed by atoms with van der Waals surface area (Å²) in [6.45, 7) is 7.95. The SMILES string of the molecule is CC(C)(C)c1cn(C2CCN(C(=O)Cc3ccccn3)CC2)nn1. The third-order valence-corrected chi connectivity index (χ3v) is 4.53. The number of hydrogen-bond acceptors (Lipinski definition) is 4. The molecule has 0 unspecified atom stereocenters. The van der Waals surface area contributed by atoms with Crippen molar-refractivity contribution in [2.24, 2.45) is 0 Å². The number of likely N-dealkylation sites (tertiary alicyclic amines) is 1. The molecule has 1 aliphatic rings. The number of carbonyl (C=O) groups is 1. The molecule has 6 heteroatoms. The molecule has 0 atom stereocenters. The van der Waals surface area contributed by atoms with E-state index in [-0.39, 0.29) is 11.3 Å². The number of piperidine rings is 1. The summed E-state index contributed by atoms with van der Waals surface area (Å²) in [4.78, 5) is 18.6. The minimum absolute atomic E-state index is 0.0115. The van der Waals surface area contributed by atoms with Gasteiger partial charge in [-0.15, -0.1) is 5.10 Å². The van der Waals surface area contributed by atoms with Gasteiger partial charge in [-0.2, -0.15) is 0 Å². The van der Waals surface area contributed by atoms with Crippen molar-refractivity contribution in [3.8, 4) is 0 Å². The Morgan fingerprint density at radius 1 is 1.25 bits per heavy atom. The molecule has 1 aliphatic heterocycles. The van der Waals surface area contributed by atoms with Gasteiger partial charge < -0.3 is 4.90 Å². The molecule has 1 saturated heterocycles. The summed E-state index contributed by atoms with van der Waals surface area (Å²) in [7, 11) is 0. The first-order chi connectivity index (χ1) is 11.4. The molecular formula is C18H25N5O. The molecule has 0 spiro atoms. The Balaban J connectivity index is 1.56. The smallest absolute Gasteiger partial charge is 0.228 e. The summed E-state index contributed by atoms with van der Waals surface area (Å²) < 4.78 is 1.97.